The molecule has 0 fully saturated rings. The first kappa shape index (κ1) is 11.3. The van der Waals surface area contributed by atoms with Gasteiger partial charge in [0, 0.05) is 11.8 Å². The minimum absolute atomic E-state index is 0. The van der Waals surface area contributed by atoms with Gasteiger partial charge in [-0.15, -0.1) is 12.4 Å². The van der Waals surface area contributed by atoms with Gasteiger partial charge in [-0.25, -0.2) is 9.37 Å². The molecule has 12 heavy (non-hydrogen) atoms. The van der Waals surface area contributed by atoms with Gasteiger partial charge in [-0.2, -0.15) is 4.39 Å². The Morgan fingerprint density at radius 2 is 2.25 bits per heavy atom. The second-order valence-corrected chi connectivity index (χ2v) is 2.14. The highest BCUT2D eigenvalue weighted by Crippen LogP contribution is 2.11. The van der Waals surface area contributed by atoms with Crippen molar-refractivity contribution in [1.29, 1.82) is 0 Å². The number of nitrogens with two attached hydrogens (primary N) is 1. The van der Waals surface area contributed by atoms with Crippen LogP contribution in [0, 0.1) is 5.95 Å². The first-order valence-corrected chi connectivity index (χ1v) is 3.17. The second-order valence-electron chi connectivity index (χ2n) is 2.14. The fourth-order valence-electron chi connectivity index (χ4n) is 0.758. The molecular weight excluding hydrogens is 186 g/mol. The molecule has 0 spiro atoms. The van der Waals surface area contributed by atoms with Crippen molar-refractivity contribution in [2.45, 2.75) is 6.04 Å². The number of hydrogen-bond donors (Lipinski definition) is 1. The SMILES string of the molecule is Cl.N[C@@H](CF)c1cccnc1F. The summed E-state index contributed by atoms with van der Waals surface area (Å²) in [6.07, 6.45) is 1.30. The lowest BCUT2D eigenvalue weighted by Crippen LogP contribution is -2.14. The van der Waals surface area contributed by atoms with Gasteiger partial charge in [0.1, 0.15) is 6.67 Å². The van der Waals surface area contributed by atoms with Gasteiger partial charge in [0.2, 0.25) is 5.95 Å². The summed E-state index contributed by atoms with van der Waals surface area (Å²) in [5.41, 5.74) is 5.36. The third-order valence-electron chi connectivity index (χ3n) is 1.35. The minimum Gasteiger partial charge on any atom is -0.322 e. The van der Waals surface area contributed by atoms with Gasteiger partial charge in [0.15, 0.2) is 0 Å². The Balaban J connectivity index is 0.00000121. The fourth-order valence-corrected chi connectivity index (χ4v) is 0.758. The van der Waals surface area contributed by atoms with Gasteiger partial charge in [-0.3, -0.25) is 0 Å². The van der Waals surface area contributed by atoms with Crippen LogP contribution < -0.4 is 5.73 Å². The predicted octanol–water partition coefficient (Wildman–Crippen LogP) is 1.61. The summed E-state index contributed by atoms with van der Waals surface area (Å²) in [6.45, 7) is -0.775. The Labute approximate surface area is 75.2 Å². The molecule has 0 saturated heterocycles. The predicted molar refractivity (Wildman–Crippen MR) is 44.3 cm³/mol. The van der Waals surface area contributed by atoms with E-state index in [1.165, 1.54) is 18.3 Å². The largest absolute Gasteiger partial charge is 0.322 e. The molecule has 0 amide bonds. The highest BCUT2D eigenvalue weighted by molar-refractivity contribution is 5.85. The lowest BCUT2D eigenvalue weighted by molar-refractivity contribution is 0.422. The Morgan fingerprint density at radius 3 is 2.75 bits per heavy atom. The van der Waals surface area contributed by atoms with E-state index in [2.05, 4.69) is 4.98 Å². The van der Waals surface area contributed by atoms with E-state index >= 15 is 0 Å². The van der Waals surface area contributed by atoms with E-state index in [9.17, 15) is 8.78 Å². The number of alkyl halides is 1. The minimum atomic E-state index is -0.899. The Kier molecular flexibility index (Phi) is 4.70. The number of rotatable bonds is 2. The quantitative estimate of drug-likeness (QED) is 0.727. The molecule has 0 aromatic carbocycles. The van der Waals surface area contributed by atoms with Crippen molar-refractivity contribution in [2.24, 2.45) is 5.73 Å². The van der Waals surface area contributed by atoms with E-state index in [0.717, 1.165) is 0 Å². The molecule has 1 heterocycles. The molecule has 0 radical (unpaired) electrons. The smallest absolute Gasteiger partial charge is 0.217 e. The summed E-state index contributed by atoms with van der Waals surface area (Å²) in [5, 5.41) is 0. The maximum Gasteiger partial charge on any atom is 0.217 e. The third-order valence-corrected chi connectivity index (χ3v) is 1.35. The van der Waals surface area contributed by atoms with Gasteiger partial charge in [0.25, 0.3) is 0 Å². The Bertz CT molecular complexity index is 245. The highest BCUT2D eigenvalue weighted by atomic mass is 35.5. The van der Waals surface area contributed by atoms with Gasteiger partial charge in [0.05, 0.1) is 6.04 Å². The summed E-state index contributed by atoms with van der Waals surface area (Å²) in [7, 11) is 0. The molecular formula is C7H9ClF2N2. The lowest BCUT2D eigenvalue weighted by Gasteiger charge is -2.06. The maximum absolute atomic E-state index is 12.7. The molecule has 2 N–H and O–H groups in total. The van der Waals surface area contributed by atoms with Crippen molar-refractivity contribution in [3.05, 3.63) is 29.8 Å². The molecule has 1 aromatic heterocycles. The van der Waals surface area contributed by atoms with E-state index in [-0.39, 0.29) is 18.0 Å². The van der Waals surface area contributed by atoms with Crippen molar-refractivity contribution < 1.29 is 8.78 Å². The number of aromatic nitrogens is 1. The first-order valence-electron chi connectivity index (χ1n) is 3.17. The highest BCUT2D eigenvalue weighted by Gasteiger charge is 2.10. The summed E-state index contributed by atoms with van der Waals surface area (Å²) in [6, 6.07) is 2.05. The van der Waals surface area contributed by atoms with Gasteiger partial charge >= 0.3 is 0 Å². The van der Waals surface area contributed by atoms with Crippen molar-refractivity contribution in [3.63, 3.8) is 0 Å². The molecule has 68 valence electrons. The molecule has 1 rings (SSSR count). The summed E-state index contributed by atoms with van der Waals surface area (Å²) in [4.78, 5) is 3.33. The van der Waals surface area contributed by atoms with Crippen LogP contribution in [0.3, 0.4) is 0 Å². The van der Waals surface area contributed by atoms with Crippen LogP contribution >= 0.6 is 12.4 Å². The molecule has 0 aliphatic rings. The number of nitrogens with zero attached hydrogens (tertiary/aromatic N) is 1. The second kappa shape index (κ2) is 5.00. The van der Waals surface area contributed by atoms with Crippen LogP contribution in [0.25, 0.3) is 0 Å². The van der Waals surface area contributed by atoms with Crippen molar-refractivity contribution in [2.75, 3.05) is 6.67 Å². The van der Waals surface area contributed by atoms with E-state index < -0.39 is 18.7 Å². The Hall–Kier alpha value is -0.740. The molecule has 5 heteroatoms. The van der Waals surface area contributed by atoms with Crippen LogP contribution in [0.15, 0.2) is 18.3 Å². The zero-order chi connectivity index (χ0) is 8.27. The van der Waals surface area contributed by atoms with E-state index in [4.69, 9.17) is 5.73 Å². The van der Waals surface area contributed by atoms with Gasteiger partial charge in [-0.1, -0.05) is 6.07 Å². The average Bonchev–Trinajstić information content (AvgIpc) is 2.04. The summed E-state index contributed by atoms with van der Waals surface area (Å²) < 4.78 is 24.6. The van der Waals surface area contributed by atoms with Crippen molar-refractivity contribution in [1.82, 2.24) is 4.98 Å². The lowest BCUT2D eigenvalue weighted by atomic mass is 10.1. The van der Waals surface area contributed by atoms with Crippen molar-refractivity contribution in [3.8, 4) is 0 Å². The van der Waals surface area contributed by atoms with E-state index in [1.54, 1.807) is 0 Å². The van der Waals surface area contributed by atoms with Crippen LogP contribution in [0.2, 0.25) is 0 Å². The molecule has 1 atom stereocenters. The van der Waals surface area contributed by atoms with Crippen LogP contribution in [0.1, 0.15) is 11.6 Å². The molecule has 1 aromatic rings. The van der Waals surface area contributed by atoms with Crippen LogP contribution in [-0.4, -0.2) is 11.7 Å². The van der Waals surface area contributed by atoms with Crippen molar-refractivity contribution >= 4 is 12.4 Å². The van der Waals surface area contributed by atoms with E-state index in [0.29, 0.717) is 0 Å². The first-order chi connectivity index (χ1) is 5.25. The number of pyridine rings is 1. The molecule has 0 saturated carbocycles. The standard InChI is InChI=1S/C7H8F2N2.ClH/c8-4-6(10)5-2-1-3-11-7(5)9;/h1-3,6H,4,10H2;1H/t6-;/m0./s1. The molecule has 0 unspecified atom stereocenters. The summed E-state index contributed by atoms with van der Waals surface area (Å²) in [5.74, 6) is -0.697. The molecule has 0 aliphatic carbocycles. The zero-order valence-corrected chi connectivity index (χ0v) is 7.02. The van der Waals surface area contributed by atoms with E-state index in [1.807, 2.05) is 0 Å². The zero-order valence-electron chi connectivity index (χ0n) is 6.21. The van der Waals surface area contributed by atoms with Crippen LogP contribution in [0.5, 0.6) is 0 Å². The Morgan fingerprint density at radius 1 is 1.58 bits per heavy atom. The normalized spacial score (nSPS) is 11.9. The fraction of sp³-hybridized carbons (Fsp3) is 0.286. The maximum atomic E-state index is 12.7. The van der Waals surface area contributed by atoms with Gasteiger partial charge in [-0.05, 0) is 6.07 Å². The number of hydrogen-bond acceptors (Lipinski definition) is 2. The summed E-state index contributed by atoms with van der Waals surface area (Å²) >= 11 is 0. The topological polar surface area (TPSA) is 38.9 Å². The average molecular weight is 195 g/mol. The third kappa shape index (κ3) is 2.39. The number of halogens is 3. The van der Waals surface area contributed by atoms with Crippen LogP contribution in [-0.2, 0) is 0 Å². The molecule has 0 bridgehead atoms. The van der Waals surface area contributed by atoms with Crippen LogP contribution in [0.4, 0.5) is 8.78 Å². The molecule has 2 nitrogen and oxygen atoms in total. The molecule has 0 aliphatic heterocycles. The monoisotopic (exact) mass is 194 g/mol. The van der Waals surface area contributed by atoms with Gasteiger partial charge < -0.3 is 5.73 Å².